The lowest BCUT2D eigenvalue weighted by molar-refractivity contribution is -0.138. The third kappa shape index (κ3) is 9.09. The van der Waals surface area contributed by atoms with Gasteiger partial charge in [-0.1, -0.05) is 31.1 Å². The number of nitrogens with one attached hydrogen (secondary N) is 1. The summed E-state index contributed by atoms with van der Waals surface area (Å²) < 4.78 is 2.22. The Labute approximate surface area is 290 Å². The van der Waals surface area contributed by atoms with E-state index in [1.807, 2.05) is 32.1 Å². The van der Waals surface area contributed by atoms with Crippen molar-refractivity contribution in [2.45, 2.75) is 85.2 Å². The number of pyridine rings is 1. The van der Waals surface area contributed by atoms with E-state index in [-0.39, 0.29) is 30.7 Å². The van der Waals surface area contributed by atoms with Crippen LogP contribution in [0.4, 0.5) is 5.82 Å². The molecule has 0 saturated heterocycles. The Morgan fingerprint density at radius 1 is 1.00 bits per heavy atom. The predicted octanol–water partition coefficient (Wildman–Crippen LogP) is 7.58. The van der Waals surface area contributed by atoms with Crippen LogP contribution in [0.1, 0.15) is 79.8 Å². The average molecular weight is 715 g/mol. The van der Waals surface area contributed by atoms with Gasteiger partial charge in [-0.2, -0.15) is 5.10 Å². The summed E-state index contributed by atoms with van der Waals surface area (Å²) in [5.41, 5.74) is 4.53. The Morgan fingerprint density at radius 2 is 1.71 bits per heavy atom. The average Bonchev–Trinajstić information content (AvgIpc) is 3.43. The first-order valence-corrected chi connectivity index (χ1v) is 17.1. The molecule has 0 aliphatic heterocycles. The maximum Gasteiger partial charge on any atom is 0.248 e. The van der Waals surface area contributed by atoms with E-state index in [0.29, 0.717) is 33.7 Å². The number of nitrogens with zero attached hydrogens (tertiary/aromatic N) is 6. The summed E-state index contributed by atoms with van der Waals surface area (Å²) in [6.07, 6.45) is 13.6. The fourth-order valence-corrected chi connectivity index (χ4v) is 5.92. The predicted molar refractivity (Wildman–Crippen MR) is 194 cm³/mol. The fourth-order valence-electron chi connectivity index (χ4n) is 5.61. The number of carbonyl (C=O) groups is 3. The standard InChI is InChI=1S/C37H44BrN7O3/c1-7-9-11-12-13-14-15-28-19-29(30-21-39-27(6)40-22-30)20-31-34(26(5)46)43-45(35(28)31)23-33(47)44(18-10-8-2)25(4)37(48)42-36-24(3)16-17-32(38)41-36/h7-8,16-17,19-22,25H,1-2,9-15,18,23H2,3-6H3,(H,41,42,48)/t25-/m0/s1. The Kier molecular flexibility index (Phi) is 12.9. The van der Waals surface area contributed by atoms with Gasteiger partial charge in [-0.25, -0.2) is 15.0 Å². The van der Waals surface area contributed by atoms with E-state index in [1.165, 1.54) is 11.8 Å². The monoisotopic (exact) mass is 713 g/mol. The molecule has 4 rings (SSSR count). The van der Waals surface area contributed by atoms with Gasteiger partial charge in [0.1, 0.15) is 34.5 Å². The first-order chi connectivity index (χ1) is 23.0. The van der Waals surface area contributed by atoms with Gasteiger partial charge in [0.05, 0.1) is 5.52 Å². The Hall–Kier alpha value is -4.51. The summed E-state index contributed by atoms with van der Waals surface area (Å²) in [6.45, 7) is 14.6. The van der Waals surface area contributed by atoms with Gasteiger partial charge in [0.25, 0.3) is 0 Å². The van der Waals surface area contributed by atoms with Crippen molar-refractivity contribution in [3.8, 4) is 11.1 Å². The van der Waals surface area contributed by atoms with Crippen molar-refractivity contribution in [1.82, 2.24) is 29.6 Å². The second-order valence-electron chi connectivity index (χ2n) is 12.0. The number of hydrogen-bond donors (Lipinski definition) is 1. The molecule has 0 aliphatic carbocycles. The highest BCUT2D eigenvalue weighted by atomic mass is 79.9. The molecule has 252 valence electrons. The minimum atomic E-state index is -0.810. The molecule has 1 aromatic carbocycles. The summed E-state index contributed by atoms with van der Waals surface area (Å²) in [6, 6.07) is 6.86. The molecule has 0 aliphatic rings. The van der Waals surface area contributed by atoms with Gasteiger partial charge in [-0.05, 0) is 104 Å². The third-order valence-corrected chi connectivity index (χ3v) is 8.75. The van der Waals surface area contributed by atoms with E-state index in [2.05, 4.69) is 55.4 Å². The van der Waals surface area contributed by atoms with Gasteiger partial charge >= 0.3 is 0 Å². The number of Topliss-reactive ketones (excluding diaryl/α,β-unsaturated/α-hetero) is 1. The lowest BCUT2D eigenvalue weighted by atomic mass is 9.96. The Morgan fingerprint density at radius 3 is 2.40 bits per heavy atom. The summed E-state index contributed by atoms with van der Waals surface area (Å²) in [7, 11) is 0. The van der Waals surface area contributed by atoms with Crippen molar-refractivity contribution in [2.75, 3.05) is 11.9 Å². The zero-order valence-corrected chi connectivity index (χ0v) is 29.8. The fraction of sp³-hybridized carbons (Fsp3) is 0.378. The van der Waals surface area contributed by atoms with Crippen LogP contribution in [0.25, 0.3) is 22.0 Å². The number of hydrogen-bond acceptors (Lipinski definition) is 7. The summed E-state index contributed by atoms with van der Waals surface area (Å²) in [5, 5.41) is 8.25. The highest BCUT2D eigenvalue weighted by molar-refractivity contribution is 9.10. The molecule has 0 saturated carbocycles. The van der Waals surface area contributed by atoms with E-state index in [0.717, 1.165) is 66.3 Å². The molecule has 10 nitrogen and oxygen atoms in total. The van der Waals surface area contributed by atoms with Crippen LogP contribution < -0.4 is 5.32 Å². The minimum absolute atomic E-state index is 0.147. The number of carbonyl (C=O) groups excluding carboxylic acids is 3. The van der Waals surface area contributed by atoms with Crippen molar-refractivity contribution in [1.29, 1.82) is 0 Å². The number of benzene rings is 1. The van der Waals surface area contributed by atoms with Gasteiger partial charge in [0.15, 0.2) is 5.78 Å². The number of anilines is 1. The number of halogens is 1. The quantitative estimate of drug-likeness (QED) is 0.0518. The molecule has 0 unspecified atom stereocenters. The first kappa shape index (κ1) is 36.3. The second-order valence-corrected chi connectivity index (χ2v) is 12.8. The first-order valence-electron chi connectivity index (χ1n) is 16.3. The van der Waals surface area contributed by atoms with Crippen LogP contribution in [0, 0.1) is 13.8 Å². The number of allylic oxidation sites excluding steroid dienone is 1. The molecule has 3 aromatic heterocycles. The SMILES string of the molecule is C=CCCCCCCc1cc(-c2cnc(C)nc2)cc2c(C(C)=O)nn(CC(=O)N(CCC=C)[C@@H](C)C(=O)Nc3nc(Br)ccc3C)c12. The van der Waals surface area contributed by atoms with Crippen molar-refractivity contribution >= 4 is 50.2 Å². The van der Waals surface area contributed by atoms with Gasteiger partial charge < -0.3 is 10.2 Å². The molecular weight excluding hydrogens is 670 g/mol. The Balaban J connectivity index is 1.71. The molecule has 48 heavy (non-hydrogen) atoms. The van der Waals surface area contributed by atoms with Gasteiger partial charge in [-0.3, -0.25) is 19.1 Å². The molecule has 0 fully saturated rings. The number of aromatic nitrogens is 5. The van der Waals surface area contributed by atoms with Crippen LogP contribution in [-0.4, -0.2) is 59.8 Å². The van der Waals surface area contributed by atoms with Crippen LogP contribution in [0.5, 0.6) is 0 Å². The van der Waals surface area contributed by atoms with E-state index in [9.17, 15) is 14.4 Å². The smallest absolute Gasteiger partial charge is 0.248 e. The molecule has 4 aromatic rings. The molecule has 1 atom stereocenters. The molecule has 1 N–H and O–H groups in total. The zero-order chi connectivity index (χ0) is 34.8. The number of ketones is 1. The second kappa shape index (κ2) is 17.1. The molecular formula is C37H44BrN7O3. The summed E-state index contributed by atoms with van der Waals surface area (Å²) in [5.74, 6) is 0.224. The molecule has 2 amide bonds. The number of amides is 2. The number of aryl methyl sites for hydroxylation is 3. The zero-order valence-electron chi connectivity index (χ0n) is 28.3. The third-order valence-electron chi connectivity index (χ3n) is 8.31. The summed E-state index contributed by atoms with van der Waals surface area (Å²) in [4.78, 5) is 55.1. The van der Waals surface area contributed by atoms with Crippen LogP contribution in [0.15, 0.2) is 66.6 Å². The molecule has 11 heteroatoms. The topological polar surface area (TPSA) is 123 Å². The maximum atomic E-state index is 14.1. The van der Waals surface area contributed by atoms with Crippen molar-refractivity contribution in [2.24, 2.45) is 0 Å². The number of rotatable bonds is 17. The molecule has 0 spiro atoms. The molecule has 3 heterocycles. The van der Waals surface area contributed by atoms with Crippen molar-refractivity contribution in [3.05, 3.63) is 89.2 Å². The largest absolute Gasteiger partial charge is 0.329 e. The lowest BCUT2D eigenvalue weighted by Crippen LogP contribution is -2.47. The number of fused-ring (bicyclic) bond motifs is 1. The number of unbranched alkanes of at least 4 members (excludes halogenated alkanes) is 4. The normalized spacial score (nSPS) is 11.7. The van der Waals surface area contributed by atoms with Crippen LogP contribution in [0.3, 0.4) is 0 Å². The van der Waals surface area contributed by atoms with Gasteiger partial charge in [0, 0.05) is 36.8 Å². The van der Waals surface area contributed by atoms with Crippen molar-refractivity contribution < 1.29 is 14.4 Å². The molecule has 0 bridgehead atoms. The van der Waals surface area contributed by atoms with Crippen molar-refractivity contribution in [3.63, 3.8) is 0 Å². The van der Waals surface area contributed by atoms with Crippen LogP contribution >= 0.6 is 15.9 Å². The minimum Gasteiger partial charge on any atom is -0.329 e. The highest BCUT2D eigenvalue weighted by Crippen LogP contribution is 2.31. The van der Waals surface area contributed by atoms with E-state index in [4.69, 9.17) is 5.10 Å². The highest BCUT2D eigenvalue weighted by Gasteiger charge is 2.28. The van der Waals surface area contributed by atoms with E-state index < -0.39 is 6.04 Å². The van der Waals surface area contributed by atoms with E-state index >= 15 is 0 Å². The molecule has 0 radical (unpaired) electrons. The van der Waals surface area contributed by atoms with E-state index in [1.54, 1.807) is 36.1 Å². The van der Waals surface area contributed by atoms with Gasteiger partial charge in [0.2, 0.25) is 11.8 Å². The Bertz CT molecular complexity index is 1800. The van der Waals surface area contributed by atoms with Gasteiger partial charge in [-0.15, -0.1) is 13.2 Å². The summed E-state index contributed by atoms with van der Waals surface area (Å²) >= 11 is 3.35. The van der Waals surface area contributed by atoms with Crippen LogP contribution in [0.2, 0.25) is 0 Å². The van der Waals surface area contributed by atoms with Crippen LogP contribution in [-0.2, 0) is 22.6 Å². The lowest BCUT2D eigenvalue weighted by Gasteiger charge is -2.28. The maximum absolute atomic E-state index is 14.1.